The molecule has 0 radical (unpaired) electrons. The standard InChI is InChI=1S/C7H11N5/c1-4-2-9-6-5(11-4)3-10-7(8)12-6/h9H,2-3H2,1H3,(H3,8,10,12). The van der Waals surface area contributed by atoms with Crippen molar-refractivity contribution < 1.29 is 0 Å². The van der Waals surface area contributed by atoms with E-state index in [1.165, 1.54) is 0 Å². The van der Waals surface area contributed by atoms with Gasteiger partial charge < -0.3 is 16.4 Å². The summed E-state index contributed by atoms with van der Waals surface area (Å²) in [6, 6.07) is 0. The zero-order valence-corrected chi connectivity index (χ0v) is 6.89. The van der Waals surface area contributed by atoms with E-state index in [1.807, 2.05) is 6.92 Å². The molecule has 2 aliphatic rings. The van der Waals surface area contributed by atoms with Crippen molar-refractivity contribution in [2.45, 2.75) is 6.92 Å². The van der Waals surface area contributed by atoms with Crippen LogP contribution in [0.5, 0.6) is 0 Å². The average molecular weight is 165 g/mol. The molecule has 64 valence electrons. The highest BCUT2D eigenvalue weighted by atomic mass is 15.2. The van der Waals surface area contributed by atoms with Gasteiger partial charge in [0.25, 0.3) is 0 Å². The number of nitrogens with one attached hydrogen (secondary N) is 2. The second-order valence-corrected chi connectivity index (χ2v) is 2.85. The summed E-state index contributed by atoms with van der Waals surface area (Å²) in [5.41, 5.74) is 7.51. The van der Waals surface area contributed by atoms with Gasteiger partial charge in [0.15, 0.2) is 5.96 Å². The predicted molar refractivity (Wildman–Crippen MR) is 47.8 cm³/mol. The molecule has 12 heavy (non-hydrogen) atoms. The van der Waals surface area contributed by atoms with Gasteiger partial charge >= 0.3 is 0 Å². The van der Waals surface area contributed by atoms with Crippen molar-refractivity contribution in [3.63, 3.8) is 0 Å². The second kappa shape index (κ2) is 2.51. The molecule has 0 aliphatic carbocycles. The molecule has 0 atom stereocenters. The average Bonchev–Trinajstić information content (AvgIpc) is 2.05. The van der Waals surface area contributed by atoms with Crippen LogP contribution in [-0.4, -0.2) is 24.8 Å². The van der Waals surface area contributed by atoms with E-state index in [-0.39, 0.29) is 0 Å². The number of guanidine groups is 1. The SMILES string of the molecule is CC1=NC2=C(NC1)NC(N)=NC2. The molecule has 0 saturated heterocycles. The fraction of sp³-hybridized carbons (Fsp3) is 0.429. The van der Waals surface area contributed by atoms with Gasteiger partial charge in [0.2, 0.25) is 0 Å². The van der Waals surface area contributed by atoms with Crippen molar-refractivity contribution >= 4 is 11.7 Å². The van der Waals surface area contributed by atoms with Gasteiger partial charge in [0.1, 0.15) is 11.5 Å². The van der Waals surface area contributed by atoms with E-state index in [1.54, 1.807) is 0 Å². The van der Waals surface area contributed by atoms with Gasteiger partial charge in [-0.05, 0) is 6.92 Å². The Hall–Kier alpha value is -1.52. The van der Waals surface area contributed by atoms with Crippen LogP contribution in [0.3, 0.4) is 0 Å². The van der Waals surface area contributed by atoms with Crippen LogP contribution in [-0.2, 0) is 0 Å². The van der Waals surface area contributed by atoms with Gasteiger partial charge in [-0.2, -0.15) is 0 Å². The van der Waals surface area contributed by atoms with Crippen molar-refractivity contribution in [2.24, 2.45) is 15.7 Å². The lowest BCUT2D eigenvalue weighted by Crippen LogP contribution is -2.43. The van der Waals surface area contributed by atoms with Crippen LogP contribution in [0.2, 0.25) is 0 Å². The summed E-state index contributed by atoms with van der Waals surface area (Å²) in [7, 11) is 0. The van der Waals surface area contributed by atoms with Gasteiger partial charge in [-0.25, -0.2) is 4.99 Å². The molecule has 0 unspecified atom stereocenters. The third-order valence-corrected chi connectivity index (χ3v) is 1.79. The highest BCUT2D eigenvalue weighted by Gasteiger charge is 2.15. The molecule has 2 aliphatic heterocycles. The minimum atomic E-state index is 0.455. The van der Waals surface area contributed by atoms with E-state index < -0.39 is 0 Å². The van der Waals surface area contributed by atoms with Crippen LogP contribution < -0.4 is 16.4 Å². The fourth-order valence-electron chi connectivity index (χ4n) is 1.20. The molecule has 2 heterocycles. The van der Waals surface area contributed by atoms with Crippen molar-refractivity contribution in [3.8, 4) is 0 Å². The smallest absolute Gasteiger partial charge is 0.194 e. The second-order valence-electron chi connectivity index (χ2n) is 2.85. The van der Waals surface area contributed by atoms with Crippen LogP contribution in [0.1, 0.15) is 6.92 Å². The number of hydrogen-bond acceptors (Lipinski definition) is 5. The Morgan fingerprint density at radius 3 is 3.17 bits per heavy atom. The third-order valence-electron chi connectivity index (χ3n) is 1.79. The molecular formula is C7H11N5. The zero-order valence-electron chi connectivity index (χ0n) is 6.89. The van der Waals surface area contributed by atoms with Crippen LogP contribution in [0, 0.1) is 0 Å². The van der Waals surface area contributed by atoms with Gasteiger partial charge in [-0.3, -0.25) is 4.99 Å². The first-order valence-electron chi connectivity index (χ1n) is 3.84. The summed E-state index contributed by atoms with van der Waals surface area (Å²) in [5, 5.41) is 6.11. The Labute approximate surface area is 70.5 Å². The minimum Gasteiger partial charge on any atom is -0.370 e. The monoisotopic (exact) mass is 165 g/mol. The van der Waals surface area contributed by atoms with Crippen molar-refractivity contribution in [1.82, 2.24) is 10.6 Å². The van der Waals surface area contributed by atoms with Crippen LogP contribution >= 0.6 is 0 Å². The quantitative estimate of drug-likeness (QED) is 0.437. The van der Waals surface area contributed by atoms with Crippen LogP contribution in [0.15, 0.2) is 21.5 Å². The van der Waals surface area contributed by atoms with Crippen LogP contribution in [0.25, 0.3) is 0 Å². The summed E-state index contributed by atoms with van der Waals surface area (Å²) in [6.07, 6.45) is 0. The zero-order chi connectivity index (χ0) is 8.55. The molecule has 0 aromatic heterocycles. The number of nitrogens with zero attached hydrogens (tertiary/aromatic N) is 2. The normalized spacial score (nSPS) is 21.8. The molecule has 0 aromatic carbocycles. The van der Waals surface area contributed by atoms with Crippen molar-refractivity contribution in [1.29, 1.82) is 0 Å². The van der Waals surface area contributed by atoms with Crippen molar-refractivity contribution in [3.05, 3.63) is 11.5 Å². The van der Waals surface area contributed by atoms with Crippen LogP contribution in [0.4, 0.5) is 0 Å². The maximum atomic E-state index is 5.49. The summed E-state index contributed by atoms with van der Waals surface area (Å²) in [5.74, 6) is 1.35. The topological polar surface area (TPSA) is 74.8 Å². The molecule has 2 rings (SSSR count). The molecule has 0 amide bonds. The summed E-state index contributed by atoms with van der Waals surface area (Å²) < 4.78 is 0. The fourth-order valence-corrected chi connectivity index (χ4v) is 1.20. The first-order chi connectivity index (χ1) is 5.75. The molecule has 0 aromatic rings. The van der Waals surface area contributed by atoms with Crippen molar-refractivity contribution in [2.75, 3.05) is 13.1 Å². The molecule has 0 fully saturated rings. The first kappa shape index (κ1) is 7.15. The maximum Gasteiger partial charge on any atom is 0.194 e. The highest BCUT2D eigenvalue weighted by molar-refractivity contribution is 5.87. The Bertz CT molecular complexity index is 299. The molecule has 0 bridgehead atoms. The largest absolute Gasteiger partial charge is 0.370 e. The Morgan fingerprint density at radius 1 is 1.50 bits per heavy atom. The number of aliphatic imine (C=N–C) groups is 2. The van der Waals surface area contributed by atoms with Gasteiger partial charge in [0.05, 0.1) is 13.1 Å². The Morgan fingerprint density at radius 2 is 2.33 bits per heavy atom. The maximum absolute atomic E-state index is 5.49. The molecule has 4 N–H and O–H groups in total. The molecule has 5 nitrogen and oxygen atoms in total. The van der Waals surface area contributed by atoms with E-state index in [2.05, 4.69) is 20.6 Å². The van der Waals surface area contributed by atoms with E-state index >= 15 is 0 Å². The first-order valence-corrected chi connectivity index (χ1v) is 3.84. The van der Waals surface area contributed by atoms with E-state index in [4.69, 9.17) is 5.73 Å². The third kappa shape index (κ3) is 1.13. The summed E-state index contributed by atoms with van der Waals surface area (Å²) >= 11 is 0. The Balaban J connectivity index is 2.25. The van der Waals surface area contributed by atoms with E-state index in [0.717, 1.165) is 23.8 Å². The Kier molecular flexibility index (Phi) is 1.49. The molecule has 0 spiro atoms. The lowest BCUT2D eigenvalue weighted by molar-refractivity contribution is 0.767. The number of rotatable bonds is 0. The van der Waals surface area contributed by atoms with Gasteiger partial charge in [-0.15, -0.1) is 0 Å². The number of nitrogens with two attached hydrogens (primary N) is 1. The predicted octanol–water partition coefficient (Wildman–Crippen LogP) is -0.862. The highest BCUT2D eigenvalue weighted by Crippen LogP contribution is 2.09. The minimum absolute atomic E-state index is 0.455. The lowest BCUT2D eigenvalue weighted by atomic mass is 10.3. The van der Waals surface area contributed by atoms with Gasteiger partial charge in [0, 0.05) is 5.71 Å². The molecular weight excluding hydrogens is 154 g/mol. The number of hydrogen-bond donors (Lipinski definition) is 3. The molecule has 0 saturated carbocycles. The summed E-state index contributed by atoms with van der Waals surface area (Å²) in [4.78, 5) is 8.37. The molecule has 5 heteroatoms. The van der Waals surface area contributed by atoms with E-state index in [0.29, 0.717) is 12.5 Å². The summed E-state index contributed by atoms with van der Waals surface area (Å²) in [6.45, 7) is 3.33. The lowest BCUT2D eigenvalue weighted by Gasteiger charge is -2.22. The van der Waals surface area contributed by atoms with E-state index in [9.17, 15) is 0 Å². The van der Waals surface area contributed by atoms with Gasteiger partial charge in [-0.1, -0.05) is 0 Å².